The fourth-order valence-electron chi connectivity index (χ4n) is 5.18. The van der Waals surface area contributed by atoms with Crippen LogP contribution in [0.25, 0.3) is 21.5 Å². The monoisotopic (exact) mass is 558 g/mol. The van der Waals surface area contributed by atoms with E-state index in [9.17, 15) is 23.1 Å². The van der Waals surface area contributed by atoms with Crippen LogP contribution in [-0.2, 0) is 11.3 Å². The molecule has 6 rings (SSSR count). The molecule has 2 saturated carbocycles. The van der Waals surface area contributed by atoms with Crippen LogP contribution < -0.4 is 4.74 Å². The van der Waals surface area contributed by atoms with Crippen molar-refractivity contribution in [3.8, 4) is 17.0 Å². The number of thiazole rings is 1. The highest BCUT2D eigenvalue weighted by Gasteiger charge is 2.34. The van der Waals surface area contributed by atoms with Crippen LogP contribution in [0, 0.1) is 5.82 Å². The maximum absolute atomic E-state index is 14.1. The topological polar surface area (TPSA) is 94.7 Å². The van der Waals surface area contributed by atoms with E-state index < -0.39 is 18.4 Å². The minimum absolute atomic E-state index is 0.00551. The fourth-order valence-corrected chi connectivity index (χ4v) is 6.34. The van der Waals surface area contributed by atoms with Crippen molar-refractivity contribution >= 4 is 27.5 Å². The first-order chi connectivity index (χ1) is 18.9. The summed E-state index contributed by atoms with van der Waals surface area (Å²) in [6.45, 7) is -2.70. The number of nitrogens with zero attached hydrogens (tertiary/aromatic N) is 2. The molecule has 1 N–H and O–H groups in total. The molecule has 2 aliphatic carbocycles. The normalized spacial score (nSPS) is 19.6. The molecule has 2 aromatic heterocycles. The predicted octanol–water partition coefficient (Wildman–Crippen LogP) is 7.51. The molecule has 0 radical (unpaired) electrons. The van der Waals surface area contributed by atoms with Gasteiger partial charge in [-0.05, 0) is 56.7 Å². The minimum Gasteiger partial charge on any atom is -0.478 e. The third kappa shape index (κ3) is 5.38. The van der Waals surface area contributed by atoms with Crippen LogP contribution >= 0.6 is 11.3 Å². The number of fused-ring (bicyclic) bond motifs is 1. The molecule has 0 spiro atoms. The molecule has 2 heterocycles. The summed E-state index contributed by atoms with van der Waals surface area (Å²) in [5.41, 5.74) is 1.79. The van der Waals surface area contributed by atoms with Crippen molar-refractivity contribution in [3.05, 3.63) is 64.1 Å². The molecule has 0 unspecified atom stereocenters. The van der Waals surface area contributed by atoms with E-state index >= 15 is 0 Å². The number of ether oxygens (including phenoxy) is 2. The standard InChI is InChI=1S/C28H25F3N2O5S/c29-20-12-21-23(11-18(20)27(34)35)39-26(32-21)15-7-9-16(10-8-15)36-13-19-24(33-38-25(19)14-5-6-14)17-3-1-2-4-22(17)37-28(30)31/h1-4,11-12,14-16,28H,5-10,13H2,(H,34,35). The predicted molar refractivity (Wildman–Crippen MR) is 137 cm³/mol. The Kier molecular flexibility index (Phi) is 7.03. The van der Waals surface area contributed by atoms with E-state index in [4.69, 9.17) is 14.0 Å². The summed E-state index contributed by atoms with van der Waals surface area (Å²) in [4.78, 5) is 15.8. The molecule has 11 heteroatoms. The SMILES string of the molecule is O=C(O)c1cc2sc(C3CCC(OCc4c(-c5ccccc5OC(F)F)noc4C4CC4)CC3)nc2cc1F. The van der Waals surface area contributed by atoms with Gasteiger partial charge < -0.3 is 19.1 Å². The lowest BCUT2D eigenvalue weighted by Gasteiger charge is -2.27. The Balaban J connectivity index is 1.14. The Morgan fingerprint density at radius 3 is 2.56 bits per heavy atom. The van der Waals surface area contributed by atoms with Crippen molar-refractivity contribution in [1.82, 2.24) is 10.1 Å². The number of para-hydroxylation sites is 1. The highest BCUT2D eigenvalue weighted by atomic mass is 32.1. The van der Waals surface area contributed by atoms with Gasteiger partial charge >= 0.3 is 12.6 Å². The molecule has 0 atom stereocenters. The van der Waals surface area contributed by atoms with Gasteiger partial charge in [-0.3, -0.25) is 0 Å². The van der Waals surface area contributed by atoms with Crippen molar-refractivity contribution in [2.75, 3.05) is 0 Å². The van der Waals surface area contributed by atoms with Crippen LogP contribution in [0.1, 0.15) is 77.1 Å². The number of alkyl halides is 2. The van der Waals surface area contributed by atoms with E-state index in [2.05, 4.69) is 10.1 Å². The maximum atomic E-state index is 14.1. The molecule has 204 valence electrons. The first-order valence-corrected chi connectivity index (χ1v) is 13.7. The zero-order chi connectivity index (χ0) is 27.1. The van der Waals surface area contributed by atoms with E-state index in [1.165, 1.54) is 29.5 Å². The molecule has 4 aromatic rings. The lowest BCUT2D eigenvalue weighted by atomic mass is 9.88. The van der Waals surface area contributed by atoms with Crippen molar-refractivity contribution in [1.29, 1.82) is 0 Å². The Hall–Kier alpha value is -3.44. The average Bonchev–Trinajstić information content (AvgIpc) is 3.54. The van der Waals surface area contributed by atoms with Crippen LogP contribution in [0.3, 0.4) is 0 Å². The molecular formula is C28H25F3N2O5S. The number of hydrogen-bond donors (Lipinski definition) is 1. The molecule has 39 heavy (non-hydrogen) atoms. The zero-order valence-electron chi connectivity index (χ0n) is 20.7. The lowest BCUT2D eigenvalue weighted by molar-refractivity contribution is -0.0494. The number of aromatic carboxylic acids is 1. The summed E-state index contributed by atoms with van der Waals surface area (Å²) < 4.78 is 57.4. The second-order valence-electron chi connectivity index (χ2n) is 9.96. The van der Waals surface area contributed by atoms with Crippen LogP contribution in [0.4, 0.5) is 13.2 Å². The van der Waals surface area contributed by atoms with Gasteiger partial charge in [0.15, 0.2) is 0 Å². The summed E-state index contributed by atoms with van der Waals surface area (Å²) >= 11 is 1.41. The third-order valence-corrected chi connectivity index (χ3v) is 8.52. The minimum atomic E-state index is -2.95. The average molecular weight is 559 g/mol. The first-order valence-electron chi connectivity index (χ1n) is 12.8. The number of halogens is 3. The second-order valence-corrected chi connectivity index (χ2v) is 11.0. The zero-order valence-corrected chi connectivity index (χ0v) is 21.6. The van der Waals surface area contributed by atoms with Gasteiger partial charge in [0.2, 0.25) is 0 Å². The Morgan fingerprint density at radius 2 is 1.85 bits per heavy atom. The number of carboxylic acid groups (broad SMARTS) is 1. The van der Waals surface area contributed by atoms with Gasteiger partial charge in [-0.2, -0.15) is 8.78 Å². The lowest BCUT2D eigenvalue weighted by Crippen LogP contribution is -2.21. The van der Waals surface area contributed by atoms with Crippen molar-refractivity contribution in [2.24, 2.45) is 0 Å². The molecule has 0 aliphatic heterocycles. The molecular weight excluding hydrogens is 533 g/mol. The molecule has 2 aliphatic rings. The summed E-state index contributed by atoms with van der Waals surface area (Å²) in [6.07, 6.45) is 5.21. The number of benzene rings is 2. The van der Waals surface area contributed by atoms with E-state index in [0.717, 1.165) is 54.9 Å². The first kappa shape index (κ1) is 25.8. The van der Waals surface area contributed by atoms with Gasteiger partial charge in [-0.15, -0.1) is 11.3 Å². The van der Waals surface area contributed by atoms with E-state index in [1.54, 1.807) is 18.2 Å². The Morgan fingerprint density at radius 1 is 1.10 bits per heavy atom. The van der Waals surface area contributed by atoms with Gasteiger partial charge in [0, 0.05) is 29.0 Å². The summed E-state index contributed by atoms with van der Waals surface area (Å²) in [5.74, 6) is -0.859. The van der Waals surface area contributed by atoms with Gasteiger partial charge in [-0.1, -0.05) is 17.3 Å². The highest BCUT2D eigenvalue weighted by Crippen LogP contribution is 2.46. The summed E-state index contributed by atoms with van der Waals surface area (Å²) in [5, 5.41) is 14.3. The van der Waals surface area contributed by atoms with E-state index in [1.807, 2.05) is 0 Å². The van der Waals surface area contributed by atoms with Gasteiger partial charge in [0.05, 0.1) is 33.5 Å². The van der Waals surface area contributed by atoms with Gasteiger partial charge in [0.25, 0.3) is 0 Å². The van der Waals surface area contributed by atoms with Crippen LogP contribution in [0.5, 0.6) is 5.75 Å². The number of carboxylic acids is 1. The van der Waals surface area contributed by atoms with Crippen molar-refractivity contribution in [3.63, 3.8) is 0 Å². The van der Waals surface area contributed by atoms with Crippen molar-refractivity contribution in [2.45, 2.75) is 69.7 Å². The number of hydrogen-bond acceptors (Lipinski definition) is 7. The number of aromatic nitrogens is 2. The quantitative estimate of drug-likeness (QED) is 0.227. The smallest absolute Gasteiger partial charge is 0.387 e. The Bertz CT molecular complexity index is 1510. The summed E-state index contributed by atoms with van der Waals surface area (Å²) in [6, 6.07) is 9.07. The number of carbonyl (C=O) groups is 1. The molecule has 7 nitrogen and oxygen atoms in total. The molecule has 0 amide bonds. The van der Waals surface area contributed by atoms with Crippen LogP contribution in [0.15, 0.2) is 40.9 Å². The summed E-state index contributed by atoms with van der Waals surface area (Å²) in [7, 11) is 0. The number of rotatable bonds is 9. The van der Waals surface area contributed by atoms with Crippen LogP contribution in [-0.4, -0.2) is 33.9 Å². The van der Waals surface area contributed by atoms with Gasteiger partial charge in [0.1, 0.15) is 23.0 Å². The largest absolute Gasteiger partial charge is 0.478 e. The van der Waals surface area contributed by atoms with E-state index in [0.29, 0.717) is 21.5 Å². The Labute approximate surface area is 225 Å². The fraction of sp³-hybridized carbons (Fsp3) is 0.393. The van der Waals surface area contributed by atoms with E-state index in [-0.39, 0.29) is 35.9 Å². The van der Waals surface area contributed by atoms with Gasteiger partial charge in [-0.25, -0.2) is 14.2 Å². The highest BCUT2D eigenvalue weighted by molar-refractivity contribution is 7.18. The van der Waals surface area contributed by atoms with Crippen molar-refractivity contribution < 1.29 is 37.1 Å². The molecule has 2 fully saturated rings. The molecule has 0 saturated heterocycles. The third-order valence-electron chi connectivity index (χ3n) is 7.34. The second kappa shape index (κ2) is 10.6. The molecule has 2 aromatic carbocycles. The molecule has 0 bridgehead atoms. The maximum Gasteiger partial charge on any atom is 0.387 e. The van der Waals surface area contributed by atoms with Crippen LogP contribution in [0.2, 0.25) is 0 Å².